The number of hydrogen-bond acceptors (Lipinski definition) is 2. The molecule has 0 spiro atoms. The van der Waals surface area contributed by atoms with Crippen LogP contribution >= 0.6 is 15.9 Å². The van der Waals surface area contributed by atoms with Gasteiger partial charge in [0.15, 0.2) is 0 Å². The highest BCUT2D eigenvalue weighted by atomic mass is 79.9. The van der Waals surface area contributed by atoms with E-state index in [2.05, 4.69) is 15.9 Å². The molecule has 0 amide bonds. The molecule has 2 nitrogen and oxygen atoms in total. The van der Waals surface area contributed by atoms with Gasteiger partial charge < -0.3 is 9.84 Å². The minimum atomic E-state index is -0.690. The van der Waals surface area contributed by atoms with Gasteiger partial charge in [0.2, 0.25) is 0 Å². The monoisotopic (exact) mass is 352 g/mol. The molecule has 4 heteroatoms. The van der Waals surface area contributed by atoms with Gasteiger partial charge in [-0.1, -0.05) is 36.4 Å². The van der Waals surface area contributed by atoms with Gasteiger partial charge in [-0.3, -0.25) is 0 Å². The number of benzene rings is 2. The molecule has 0 saturated carbocycles. The minimum Gasteiger partial charge on any atom is -0.390 e. The van der Waals surface area contributed by atoms with E-state index in [4.69, 9.17) is 4.74 Å². The summed E-state index contributed by atoms with van der Waals surface area (Å²) in [4.78, 5) is 0. The van der Waals surface area contributed by atoms with Crippen LogP contribution in [0.2, 0.25) is 0 Å². The fourth-order valence-corrected chi connectivity index (χ4v) is 2.69. The standard InChI is InChI=1S/C17H18BrFO2/c1-2-21-17(13-6-4-3-5-7-13)16(20)11-12-8-9-15(19)14(18)10-12/h3-10,16-17,20H,2,11H2,1H3. The van der Waals surface area contributed by atoms with Gasteiger partial charge in [0.25, 0.3) is 0 Å². The Morgan fingerprint density at radius 1 is 1.19 bits per heavy atom. The van der Waals surface area contributed by atoms with Crippen LogP contribution in [0.1, 0.15) is 24.2 Å². The first-order chi connectivity index (χ1) is 10.1. The largest absolute Gasteiger partial charge is 0.390 e. The van der Waals surface area contributed by atoms with Crippen LogP contribution in [0, 0.1) is 5.82 Å². The molecule has 2 unspecified atom stereocenters. The average molecular weight is 353 g/mol. The fraction of sp³-hybridized carbons (Fsp3) is 0.294. The highest BCUT2D eigenvalue weighted by Crippen LogP contribution is 2.25. The van der Waals surface area contributed by atoms with E-state index >= 15 is 0 Å². The molecule has 0 aliphatic rings. The van der Waals surface area contributed by atoms with Crippen LogP contribution in [0.4, 0.5) is 4.39 Å². The number of rotatable bonds is 6. The second kappa shape index (κ2) is 7.69. The molecule has 0 aliphatic heterocycles. The lowest BCUT2D eigenvalue weighted by molar-refractivity contribution is -0.0340. The third-order valence-corrected chi connectivity index (χ3v) is 3.86. The zero-order chi connectivity index (χ0) is 15.2. The van der Waals surface area contributed by atoms with Crippen LogP contribution in [0.15, 0.2) is 53.0 Å². The quantitative estimate of drug-likeness (QED) is 0.841. The molecule has 0 bridgehead atoms. The lowest BCUT2D eigenvalue weighted by Crippen LogP contribution is -2.23. The molecule has 0 radical (unpaired) electrons. The van der Waals surface area contributed by atoms with Gasteiger partial charge in [-0.2, -0.15) is 0 Å². The van der Waals surface area contributed by atoms with E-state index in [9.17, 15) is 9.50 Å². The summed E-state index contributed by atoms with van der Waals surface area (Å²) in [6.45, 7) is 2.42. The predicted molar refractivity (Wildman–Crippen MR) is 84.6 cm³/mol. The van der Waals surface area contributed by atoms with Gasteiger partial charge in [0.05, 0.1) is 10.6 Å². The van der Waals surface area contributed by atoms with Crippen LogP contribution in [-0.2, 0) is 11.2 Å². The molecule has 2 aromatic carbocycles. The summed E-state index contributed by atoms with van der Waals surface area (Å²) < 4.78 is 19.3. The maximum atomic E-state index is 13.2. The second-order valence-corrected chi connectivity index (χ2v) is 5.66. The Morgan fingerprint density at radius 3 is 2.52 bits per heavy atom. The molecular formula is C17H18BrFO2. The Labute approximate surface area is 132 Å². The van der Waals surface area contributed by atoms with Crippen molar-refractivity contribution in [3.63, 3.8) is 0 Å². The van der Waals surface area contributed by atoms with E-state index < -0.39 is 6.10 Å². The molecule has 1 N–H and O–H groups in total. The normalized spacial score (nSPS) is 13.9. The first kappa shape index (κ1) is 16.1. The van der Waals surface area contributed by atoms with E-state index in [1.807, 2.05) is 37.3 Å². The summed E-state index contributed by atoms with van der Waals surface area (Å²) in [5, 5.41) is 10.5. The van der Waals surface area contributed by atoms with Crippen molar-refractivity contribution in [2.45, 2.75) is 25.6 Å². The lowest BCUT2D eigenvalue weighted by atomic mass is 9.98. The summed E-state index contributed by atoms with van der Waals surface area (Å²) in [6.07, 6.45) is -0.678. The number of halogens is 2. The molecule has 0 fully saturated rings. The van der Waals surface area contributed by atoms with Crippen LogP contribution in [0.25, 0.3) is 0 Å². The molecule has 0 heterocycles. The molecule has 2 atom stereocenters. The van der Waals surface area contributed by atoms with Crippen LogP contribution in [-0.4, -0.2) is 17.8 Å². The van der Waals surface area contributed by atoms with E-state index in [0.29, 0.717) is 17.5 Å². The first-order valence-corrected chi connectivity index (χ1v) is 7.69. The summed E-state index contributed by atoms with van der Waals surface area (Å²) in [6, 6.07) is 14.4. The summed E-state index contributed by atoms with van der Waals surface area (Å²) in [5.41, 5.74) is 1.80. The maximum Gasteiger partial charge on any atom is 0.137 e. The van der Waals surface area contributed by atoms with E-state index in [-0.39, 0.29) is 11.9 Å². The van der Waals surface area contributed by atoms with Gasteiger partial charge in [-0.15, -0.1) is 0 Å². The molecule has 0 aromatic heterocycles. The first-order valence-electron chi connectivity index (χ1n) is 6.90. The average Bonchev–Trinajstić information content (AvgIpc) is 2.49. The van der Waals surface area contributed by atoms with E-state index in [1.165, 1.54) is 6.07 Å². The number of ether oxygens (including phenoxy) is 1. The van der Waals surface area contributed by atoms with E-state index in [0.717, 1.165) is 11.1 Å². The Bertz CT molecular complexity index is 574. The van der Waals surface area contributed by atoms with Crippen molar-refractivity contribution in [1.82, 2.24) is 0 Å². The molecular weight excluding hydrogens is 335 g/mol. The second-order valence-electron chi connectivity index (χ2n) is 4.81. The van der Waals surface area contributed by atoms with Crippen molar-refractivity contribution in [3.8, 4) is 0 Å². The molecule has 112 valence electrons. The van der Waals surface area contributed by atoms with Gasteiger partial charge in [-0.25, -0.2) is 4.39 Å². The molecule has 21 heavy (non-hydrogen) atoms. The summed E-state index contributed by atoms with van der Waals surface area (Å²) in [7, 11) is 0. The van der Waals surface area contributed by atoms with Crippen molar-refractivity contribution in [1.29, 1.82) is 0 Å². The number of aliphatic hydroxyl groups is 1. The molecule has 2 rings (SSSR count). The summed E-state index contributed by atoms with van der Waals surface area (Å²) in [5.74, 6) is -0.308. The third kappa shape index (κ3) is 4.37. The van der Waals surface area contributed by atoms with Crippen molar-refractivity contribution in [3.05, 3.63) is 69.9 Å². The van der Waals surface area contributed by atoms with E-state index in [1.54, 1.807) is 12.1 Å². The maximum absolute atomic E-state index is 13.2. The molecule has 2 aromatic rings. The van der Waals surface area contributed by atoms with Crippen LogP contribution in [0.5, 0.6) is 0 Å². The van der Waals surface area contributed by atoms with Crippen LogP contribution < -0.4 is 0 Å². The highest BCUT2D eigenvalue weighted by molar-refractivity contribution is 9.10. The third-order valence-electron chi connectivity index (χ3n) is 3.25. The Balaban J connectivity index is 2.15. The van der Waals surface area contributed by atoms with Crippen molar-refractivity contribution >= 4 is 15.9 Å². The minimum absolute atomic E-state index is 0.308. The number of hydrogen-bond donors (Lipinski definition) is 1. The Morgan fingerprint density at radius 2 is 1.90 bits per heavy atom. The zero-order valence-electron chi connectivity index (χ0n) is 11.8. The van der Waals surface area contributed by atoms with Crippen LogP contribution in [0.3, 0.4) is 0 Å². The fourth-order valence-electron chi connectivity index (χ4n) is 2.27. The van der Waals surface area contributed by atoms with Crippen molar-refractivity contribution < 1.29 is 14.2 Å². The predicted octanol–water partition coefficient (Wildman–Crippen LogP) is 4.27. The smallest absolute Gasteiger partial charge is 0.137 e. The van der Waals surface area contributed by atoms with Gasteiger partial charge in [-0.05, 0) is 46.1 Å². The number of aliphatic hydroxyl groups excluding tert-OH is 1. The summed E-state index contributed by atoms with van der Waals surface area (Å²) >= 11 is 3.16. The molecule has 0 saturated heterocycles. The van der Waals surface area contributed by atoms with Gasteiger partial charge >= 0.3 is 0 Å². The topological polar surface area (TPSA) is 29.5 Å². The zero-order valence-corrected chi connectivity index (χ0v) is 13.4. The van der Waals surface area contributed by atoms with Crippen molar-refractivity contribution in [2.24, 2.45) is 0 Å². The molecule has 0 aliphatic carbocycles. The van der Waals surface area contributed by atoms with Gasteiger partial charge in [0, 0.05) is 13.0 Å². The van der Waals surface area contributed by atoms with Crippen molar-refractivity contribution in [2.75, 3.05) is 6.61 Å². The Kier molecular flexibility index (Phi) is 5.91. The lowest BCUT2D eigenvalue weighted by Gasteiger charge is -2.23. The Hall–Kier alpha value is -1.23. The highest BCUT2D eigenvalue weighted by Gasteiger charge is 2.22. The SMILES string of the molecule is CCOC(c1ccccc1)C(O)Cc1ccc(F)c(Br)c1. The van der Waals surface area contributed by atoms with Gasteiger partial charge in [0.1, 0.15) is 11.9 Å².